The molecule has 0 heterocycles. The van der Waals surface area contributed by atoms with Gasteiger partial charge in [0.2, 0.25) is 0 Å². The Morgan fingerprint density at radius 3 is 2.53 bits per heavy atom. The van der Waals surface area contributed by atoms with Gasteiger partial charge >= 0.3 is 12.0 Å². The fourth-order valence-corrected chi connectivity index (χ4v) is 1.45. The third-order valence-corrected chi connectivity index (χ3v) is 2.49. The molecule has 1 aromatic carbocycles. The van der Waals surface area contributed by atoms with Crippen molar-refractivity contribution in [3.63, 3.8) is 0 Å². The predicted octanol–water partition coefficient (Wildman–Crippen LogP) is 2.78. The molecule has 0 saturated carbocycles. The highest BCUT2D eigenvalue weighted by Gasteiger charge is 2.07. The van der Waals surface area contributed by atoms with Gasteiger partial charge in [-0.15, -0.1) is 0 Å². The fraction of sp³-hybridized carbons (Fsp3) is 0.286. The second kappa shape index (κ2) is 6.58. The summed E-state index contributed by atoms with van der Waals surface area (Å²) in [6, 6.07) is 4.25. The second-order valence-corrected chi connectivity index (χ2v) is 4.45. The number of carboxylic acid groups (broad SMARTS) is 1. The van der Waals surface area contributed by atoms with Crippen LogP contribution in [-0.2, 0) is 0 Å². The minimum atomic E-state index is -0.984. The third kappa shape index (κ3) is 4.83. The quantitative estimate of drug-likeness (QED) is 0.730. The lowest BCUT2D eigenvalue weighted by atomic mass is 10.1. The van der Waals surface area contributed by atoms with Crippen LogP contribution >= 0.6 is 0 Å². The zero-order valence-electron chi connectivity index (χ0n) is 11.3. The molecule has 0 aliphatic heterocycles. The summed E-state index contributed by atoms with van der Waals surface area (Å²) in [5.74, 6) is -0.984. The van der Waals surface area contributed by atoms with Crippen LogP contribution in [0.15, 0.2) is 29.8 Å². The van der Waals surface area contributed by atoms with Crippen molar-refractivity contribution >= 4 is 17.7 Å². The number of aryl methyl sites for hydroxylation is 1. The van der Waals surface area contributed by atoms with Crippen LogP contribution in [0.5, 0.6) is 0 Å². The first kappa shape index (κ1) is 14.8. The van der Waals surface area contributed by atoms with E-state index in [1.807, 2.05) is 19.9 Å². The number of aromatic carboxylic acids is 1. The van der Waals surface area contributed by atoms with E-state index in [2.05, 4.69) is 10.6 Å². The van der Waals surface area contributed by atoms with Gasteiger partial charge in [-0.25, -0.2) is 9.59 Å². The summed E-state index contributed by atoms with van der Waals surface area (Å²) >= 11 is 0. The second-order valence-electron chi connectivity index (χ2n) is 4.45. The van der Waals surface area contributed by atoms with E-state index in [1.54, 1.807) is 13.0 Å². The molecule has 0 radical (unpaired) electrons. The molecule has 1 aromatic rings. The molecule has 0 aromatic heterocycles. The van der Waals surface area contributed by atoms with Gasteiger partial charge < -0.3 is 15.7 Å². The van der Waals surface area contributed by atoms with E-state index in [-0.39, 0.29) is 11.6 Å². The van der Waals surface area contributed by atoms with Crippen molar-refractivity contribution in [2.24, 2.45) is 0 Å². The molecule has 19 heavy (non-hydrogen) atoms. The lowest BCUT2D eigenvalue weighted by molar-refractivity contribution is 0.0697. The maximum atomic E-state index is 11.6. The van der Waals surface area contributed by atoms with Crippen molar-refractivity contribution in [2.45, 2.75) is 20.8 Å². The maximum Gasteiger partial charge on any atom is 0.335 e. The standard InChI is InChI=1S/C14H18N2O3/c1-9(2)6-7-15-14(19)16-12-5-4-11(13(17)18)8-10(12)3/h4-6,8H,7H2,1-3H3,(H,17,18)(H2,15,16,19). The SMILES string of the molecule is CC(C)=CCNC(=O)Nc1ccc(C(=O)O)cc1C. The highest BCUT2D eigenvalue weighted by molar-refractivity contribution is 5.92. The van der Waals surface area contributed by atoms with E-state index in [0.29, 0.717) is 17.8 Å². The first-order chi connectivity index (χ1) is 8.90. The smallest absolute Gasteiger partial charge is 0.335 e. The van der Waals surface area contributed by atoms with Gasteiger partial charge in [0.25, 0.3) is 0 Å². The van der Waals surface area contributed by atoms with Gasteiger partial charge in [-0.05, 0) is 44.5 Å². The van der Waals surface area contributed by atoms with E-state index in [9.17, 15) is 9.59 Å². The van der Waals surface area contributed by atoms with Crippen LogP contribution in [0.25, 0.3) is 0 Å². The fourth-order valence-electron chi connectivity index (χ4n) is 1.45. The van der Waals surface area contributed by atoms with Gasteiger partial charge in [0.15, 0.2) is 0 Å². The number of nitrogens with one attached hydrogen (secondary N) is 2. The van der Waals surface area contributed by atoms with Crippen LogP contribution in [0.3, 0.4) is 0 Å². The van der Waals surface area contributed by atoms with Crippen LogP contribution in [-0.4, -0.2) is 23.7 Å². The third-order valence-electron chi connectivity index (χ3n) is 2.49. The Labute approximate surface area is 112 Å². The van der Waals surface area contributed by atoms with Crippen molar-refractivity contribution < 1.29 is 14.7 Å². The lowest BCUT2D eigenvalue weighted by Gasteiger charge is -2.09. The van der Waals surface area contributed by atoms with E-state index in [0.717, 1.165) is 5.57 Å². The van der Waals surface area contributed by atoms with Gasteiger partial charge in [0, 0.05) is 12.2 Å². The van der Waals surface area contributed by atoms with Gasteiger partial charge in [0.1, 0.15) is 0 Å². The number of carboxylic acids is 1. The Hall–Kier alpha value is -2.30. The van der Waals surface area contributed by atoms with Crippen molar-refractivity contribution in [2.75, 3.05) is 11.9 Å². The molecule has 0 bridgehead atoms. The summed E-state index contributed by atoms with van der Waals surface area (Å²) in [7, 11) is 0. The Morgan fingerprint density at radius 2 is 2.00 bits per heavy atom. The number of hydrogen-bond acceptors (Lipinski definition) is 2. The van der Waals surface area contributed by atoms with Gasteiger partial charge in [0.05, 0.1) is 5.56 Å². The van der Waals surface area contributed by atoms with E-state index < -0.39 is 5.97 Å². The number of anilines is 1. The van der Waals surface area contributed by atoms with Crippen molar-refractivity contribution in [1.82, 2.24) is 5.32 Å². The first-order valence-corrected chi connectivity index (χ1v) is 5.92. The van der Waals surface area contributed by atoms with Crippen LogP contribution in [0, 0.1) is 6.92 Å². The highest BCUT2D eigenvalue weighted by atomic mass is 16.4. The van der Waals surface area contributed by atoms with Crippen molar-refractivity contribution in [3.8, 4) is 0 Å². The highest BCUT2D eigenvalue weighted by Crippen LogP contribution is 2.16. The molecule has 102 valence electrons. The molecular weight excluding hydrogens is 244 g/mol. The van der Waals surface area contributed by atoms with E-state index in [1.165, 1.54) is 12.1 Å². The summed E-state index contributed by atoms with van der Waals surface area (Å²) < 4.78 is 0. The van der Waals surface area contributed by atoms with Gasteiger partial charge in [-0.3, -0.25) is 0 Å². The molecule has 5 heteroatoms. The monoisotopic (exact) mass is 262 g/mol. The normalized spacial score (nSPS) is 9.63. The first-order valence-electron chi connectivity index (χ1n) is 5.92. The maximum absolute atomic E-state index is 11.6. The number of urea groups is 1. The number of allylic oxidation sites excluding steroid dienone is 1. The zero-order chi connectivity index (χ0) is 14.4. The van der Waals surface area contributed by atoms with E-state index in [4.69, 9.17) is 5.11 Å². The van der Waals surface area contributed by atoms with E-state index >= 15 is 0 Å². The van der Waals surface area contributed by atoms with Crippen LogP contribution in [0.4, 0.5) is 10.5 Å². The molecule has 0 aliphatic rings. The summed E-state index contributed by atoms with van der Waals surface area (Å²) in [6.07, 6.45) is 1.90. The van der Waals surface area contributed by atoms with Gasteiger partial charge in [-0.2, -0.15) is 0 Å². The zero-order valence-corrected chi connectivity index (χ0v) is 11.3. The Balaban J connectivity index is 2.64. The topological polar surface area (TPSA) is 78.4 Å². The molecule has 0 spiro atoms. The number of hydrogen-bond donors (Lipinski definition) is 3. The number of rotatable bonds is 4. The Bertz CT molecular complexity index is 517. The molecule has 0 unspecified atom stereocenters. The van der Waals surface area contributed by atoms with Crippen molar-refractivity contribution in [3.05, 3.63) is 41.0 Å². The Morgan fingerprint density at radius 1 is 1.32 bits per heavy atom. The largest absolute Gasteiger partial charge is 0.478 e. The molecule has 0 aliphatic carbocycles. The van der Waals surface area contributed by atoms with Crippen molar-refractivity contribution in [1.29, 1.82) is 0 Å². The molecule has 1 rings (SSSR count). The molecule has 0 fully saturated rings. The lowest BCUT2D eigenvalue weighted by Crippen LogP contribution is -2.29. The van der Waals surface area contributed by atoms with Crippen LogP contribution in [0.2, 0.25) is 0 Å². The summed E-state index contributed by atoms with van der Waals surface area (Å²) in [5.41, 5.74) is 2.63. The molecule has 0 saturated heterocycles. The predicted molar refractivity (Wildman–Crippen MR) is 74.6 cm³/mol. The molecule has 0 atom stereocenters. The van der Waals surface area contributed by atoms with Gasteiger partial charge in [-0.1, -0.05) is 11.6 Å². The average molecular weight is 262 g/mol. The van der Waals surface area contributed by atoms with Crippen LogP contribution in [0.1, 0.15) is 29.8 Å². The summed E-state index contributed by atoms with van der Waals surface area (Å²) in [6.45, 7) is 6.11. The number of benzene rings is 1. The molecule has 2 amide bonds. The average Bonchev–Trinajstić information content (AvgIpc) is 2.31. The minimum Gasteiger partial charge on any atom is -0.478 e. The molecule has 3 N–H and O–H groups in total. The Kier molecular flexibility index (Phi) is 5.11. The van der Waals surface area contributed by atoms with Crippen LogP contribution < -0.4 is 10.6 Å². The minimum absolute atomic E-state index is 0.202. The summed E-state index contributed by atoms with van der Waals surface area (Å²) in [4.78, 5) is 22.4. The molecular formula is C14H18N2O3. The molecule has 5 nitrogen and oxygen atoms in total. The summed E-state index contributed by atoms with van der Waals surface area (Å²) in [5, 5.41) is 14.2. The number of amides is 2. The number of carbonyl (C=O) groups excluding carboxylic acids is 1. The number of carbonyl (C=O) groups is 2.